The van der Waals surface area contributed by atoms with Crippen molar-refractivity contribution in [1.29, 1.82) is 0 Å². The molecule has 0 saturated carbocycles. The Kier molecular flexibility index (Phi) is 4.57. The quantitative estimate of drug-likeness (QED) is 0.849. The van der Waals surface area contributed by atoms with E-state index in [9.17, 15) is 5.11 Å². The third-order valence-electron chi connectivity index (χ3n) is 4.09. The molecule has 0 spiro atoms. The van der Waals surface area contributed by atoms with Gasteiger partial charge in [-0.3, -0.25) is 4.68 Å². The van der Waals surface area contributed by atoms with Crippen LogP contribution in [0.15, 0.2) is 42.7 Å². The molecule has 4 nitrogen and oxygen atoms in total. The zero-order chi connectivity index (χ0) is 14.6. The Morgan fingerprint density at radius 3 is 2.65 bits per heavy atom. The molecule has 0 amide bonds. The molecule has 0 radical (unpaired) electrons. The second kappa shape index (κ2) is 6.20. The van der Waals surface area contributed by atoms with Crippen LogP contribution >= 0.6 is 0 Å². The number of aliphatic hydroxyl groups excluding tert-OH is 1. The fourth-order valence-electron chi connectivity index (χ4n) is 2.23. The normalized spacial score (nSPS) is 15.8. The zero-order valence-electron chi connectivity index (χ0n) is 12.2. The van der Waals surface area contributed by atoms with Gasteiger partial charge in [-0.2, -0.15) is 5.10 Å². The zero-order valence-corrected chi connectivity index (χ0v) is 12.2. The highest BCUT2D eigenvalue weighted by molar-refractivity contribution is 5.17. The van der Waals surface area contributed by atoms with Crippen LogP contribution < -0.4 is 5.73 Å². The SMILES string of the molecule is CCC(C)(CN)C(O)c1cnn(Cc2ccccc2)c1. The molecule has 1 aromatic carbocycles. The van der Waals surface area contributed by atoms with Crippen molar-refractivity contribution >= 4 is 0 Å². The molecule has 1 aromatic heterocycles. The molecule has 108 valence electrons. The third-order valence-corrected chi connectivity index (χ3v) is 4.09. The second-order valence-electron chi connectivity index (χ2n) is 5.57. The lowest BCUT2D eigenvalue weighted by atomic mass is 9.79. The van der Waals surface area contributed by atoms with E-state index in [2.05, 4.69) is 17.2 Å². The molecule has 2 aromatic rings. The molecule has 2 unspecified atom stereocenters. The lowest BCUT2D eigenvalue weighted by Gasteiger charge is -2.31. The molecular weight excluding hydrogens is 250 g/mol. The Bertz CT molecular complexity index is 532. The maximum Gasteiger partial charge on any atom is 0.0885 e. The van der Waals surface area contributed by atoms with Crippen molar-refractivity contribution in [3.05, 3.63) is 53.9 Å². The molecule has 1 heterocycles. The average molecular weight is 273 g/mol. The Hall–Kier alpha value is -1.65. The number of benzene rings is 1. The maximum absolute atomic E-state index is 10.5. The summed E-state index contributed by atoms with van der Waals surface area (Å²) in [6.07, 6.45) is 3.88. The first-order valence-electron chi connectivity index (χ1n) is 7.03. The summed E-state index contributed by atoms with van der Waals surface area (Å²) in [5.41, 5.74) is 7.51. The van der Waals surface area contributed by atoms with Gasteiger partial charge in [0.25, 0.3) is 0 Å². The summed E-state index contributed by atoms with van der Waals surface area (Å²) in [5, 5.41) is 14.8. The summed E-state index contributed by atoms with van der Waals surface area (Å²) in [6, 6.07) is 10.1. The van der Waals surface area contributed by atoms with E-state index in [0.29, 0.717) is 13.1 Å². The molecule has 0 bridgehead atoms. The van der Waals surface area contributed by atoms with Crippen molar-refractivity contribution in [2.75, 3.05) is 6.54 Å². The number of nitrogens with two attached hydrogens (primary N) is 1. The lowest BCUT2D eigenvalue weighted by Crippen LogP contribution is -2.33. The predicted molar refractivity (Wildman–Crippen MR) is 80.2 cm³/mol. The monoisotopic (exact) mass is 273 g/mol. The van der Waals surface area contributed by atoms with E-state index in [1.54, 1.807) is 6.20 Å². The first-order chi connectivity index (χ1) is 9.59. The van der Waals surface area contributed by atoms with Gasteiger partial charge in [0.1, 0.15) is 0 Å². The van der Waals surface area contributed by atoms with Crippen LogP contribution in [0.3, 0.4) is 0 Å². The van der Waals surface area contributed by atoms with Crippen molar-refractivity contribution in [1.82, 2.24) is 9.78 Å². The third kappa shape index (κ3) is 3.08. The van der Waals surface area contributed by atoms with Crippen LogP contribution in [-0.4, -0.2) is 21.4 Å². The molecule has 2 rings (SSSR count). The van der Waals surface area contributed by atoms with Crippen LogP contribution in [0.25, 0.3) is 0 Å². The molecule has 0 aliphatic rings. The molecule has 3 N–H and O–H groups in total. The molecule has 0 aliphatic heterocycles. The van der Waals surface area contributed by atoms with E-state index >= 15 is 0 Å². The number of hydrogen-bond donors (Lipinski definition) is 2. The van der Waals surface area contributed by atoms with E-state index in [1.807, 2.05) is 42.9 Å². The minimum atomic E-state index is -0.581. The van der Waals surface area contributed by atoms with Crippen LogP contribution in [0.5, 0.6) is 0 Å². The fourth-order valence-corrected chi connectivity index (χ4v) is 2.23. The Labute approximate surface area is 120 Å². The minimum Gasteiger partial charge on any atom is -0.388 e. The molecule has 0 fully saturated rings. The Morgan fingerprint density at radius 1 is 1.35 bits per heavy atom. The van der Waals surface area contributed by atoms with Crippen LogP contribution in [0.2, 0.25) is 0 Å². The van der Waals surface area contributed by atoms with E-state index in [0.717, 1.165) is 12.0 Å². The van der Waals surface area contributed by atoms with Gasteiger partial charge in [-0.1, -0.05) is 44.2 Å². The molecule has 4 heteroatoms. The first-order valence-corrected chi connectivity index (χ1v) is 7.03. The average Bonchev–Trinajstić information content (AvgIpc) is 2.95. The molecule has 0 aliphatic carbocycles. The summed E-state index contributed by atoms with van der Waals surface area (Å²) in [5.74, 6) is 0. The molecular formula is C16H23N3O. The summed E-state index contributed by atoms with van der Waals surface area (Å²) in [4.78, 5) is 0. The summed E-state index contributed by atoms with van der Waals surface area (Å²) < 4.78 is 1.85. The maximum atomic E-state index is 10.5. The van der Waals surface area contributed by atoms with E-state index in [1.165, 1.54) is 5.56 Å². The standard InChI is InChI=1S/C16H23N3O/c1-3-16(2,12-17)15(20)14-9-18-19(11-14)10-13-7-5-4-6-8-13/h4-9,11,15,20H,3,10,12,17H2,1-2H3. The van der Waals surface area contributed by atoms with Gasteiger partial charge >= 0.3 is 0 Å². The smallest absolute Gasteiger partial charge is 0.0885 e. The Balaban J connectivity index is 2.13. The van der Waals surface area contributed by atoms with Crippen molar-refractivity contribution in [3.8, 4) is 0 Å². The summed E-state index contributed by atoms with van der Waals surface area (Å²) in [6.45, 7) is 5.21. The molecule has 0 saturated heterocycles. The largest absolute Gasteiger partial charge is 0.388 e. The number of nitrogens with zero attached hydrogens (tertiary/aromatic N) is 2. The highest BCUT2D eigenvalue weighted by atomic mass is 16.3. The van der Waals surface area contributed by atoms with Crippen LogP contribution in [0.1, 0.15) is 37.5 Å². The Morgan fingerprint density at radius 2 is 2.05 bits per heavy atom. The number of hydrogen-bond acceptors (Lipinski definition) is 3. The van der Waals surface area contributed by atoms with Gasteiger partial charge in [-0.25, -0.2) is 0 Å². The van der Waals surface area contributed by atoms with Crippen LogP contribution in [0.4, 0.5) is 0 Å². The lowest BCUT2D eigenvalue weighted by molar-refractivity contribution is 0.0391. The van der Waals surface area contributed by atoms with E-state index < -0.39 is 6.10 Å². The van der Waals surface area contributed by atoms with Gasteiger partial charge in [0.05, 0.1) is 18.8 Å². The summed E-state index contributed by atoms with van der Waals surface area (Å²) in [7, 11) is 0. The molecule has 2 atom stereocenters. The highest BCUT2D eigenvalue weighted by Crippen LogP contribution is 2.35. The van der Waals surface area contributed by atoms with Gasteiger partial charge < -0.3 is 10.8 Å². The topological polar surface area (TPSA) is 64.1 Å². The van der Waals surface area contributed by atoms with Gasteiger partial charge in [0.2, 0.25) is 0 Å². The number of aromatic nitrogens is 2. The van der Waals surface area contributed by atoms with Crippen molar-refractivity contribution in [2.24, 2.45) is 11.1 Å². The van der Waals surface area contributed by atoms with E-state index in [4.69, 9.17) is 5.73 Å². The number of rotatable bonds is 6. The fraction of sp³-hybridized carbons (Fsp3) is 0.438. The second-order valence-corrected chi connectivity index (χ2v) is 5.57. The van der Waals surface area contributed by atoms with Crippen LogP contribution in [0, 0.1) is 5.41 Å². The van der Waals surface area contributed by atoms with Crippen molar-refractivity contribution in [3.63, 3.8) is 0 Å². The van der Waals surface area contributed by atoms with Gasteiger partial charge in [-0.05, 0) is 12.0 Å². The van der Waals surface area contributed by atoms with Gasteiger partial charge in [0, 0.05) is 23.7 Å². The minimum absolute atomic E-state index is 0.305. The van der Waals surface area contributed by atoms with Gasteiger partial charge in [0.15, 0.2) is 0 Å². The van der Waals surface area contributed by atoms with Crippen molar-refractivity contribution < 1.29 is 5.11 Å². The number of aliphatic hydroxyl groups is 1. The summed E-state index contributed by atoms with van der Waals surface area (Å²) >= 11 is 0. The van der Waals surface area contributed by atoms with Crippen molar-refractivity contribution in [2.45, 2.75) is 32.9 Å². The first kappa shape index (κ1) is 14.8. The van der Waals surface area contributed by atoms with Gasteiger partial charge in [-0.15, -0.1) is 0 Å². The predicted octanol–water partition coefficient (Wildman–Crippen LogP) is 2.34. The highest BCUT2D eigenvalue weighted by Gasteiger charge is 2.31. The van der Waals surface area contributed by atoms with E-state index in [-0.39, 0.29) is 5.41 Å². The molecule has 20 heavy (non-hydrogen) atoms. The van der Waals surface area contributed by atoms with Crippen LogP contribution in [-0.2, 0) is 6.54 Å².